The first-order valence-electron chi connectivity index (χ1n) is 9.83. The van der Waals surface area contributed by atoms with Gasteiger partial charge in [0.15, 0.2) is 10.8 Å². The van der Waals surface area contributed by atoms with E-state index in [9.17, 15) is 0 Å². The molecule has 1 fully saturated rings. The van der Waals surface area contributed by atoms with E-state index in [1.165, 1.54) is 30.6 Å². The zero-order valence-electron chi connectivity index (χ0n) is 16.7. The number of carboxylic acid groups (broad SMARTS) is 2. The van der Waals surface area contributed by atoms with Crippen molar-refractivity contribution < 1.29 is 24.2 Å². The van der Waals surface area contributed by atoms with E-state index in [4.69, 9.17) is 24.2 Å². The number of likely N-dealkylation sites (tertiary alicyclic amines) is 1. The van der Waals surface area contributed by atoms with Crippen molar-refractivity contribution in [1.82, 2.24) is 15.2 Å². The fourth-order valence-electron chi connectivity index (χ4n) is 3.26. The summed E-state index contributed by atoms with van der Waals surface area (Å²) >= 11 is 1.68. The van der Waals surface area contributed by atoms with Crippen LogP contribution in [0.1, 0.15) is 25.5 Å². The number of nitrogens with zero attached hydrogens (tertiary/aromatic N) is 2. The minimum Gasteiger partial charge on any atom is -0.473 e. The van der Waals surface area contributed by atoms with Crippen molar-refractivity contribution in [3.63, 3.8) is 0 Å². The molecular formula is C21H25N3O5S. The van der Waals surface area contributed by atoms with Crippen LogP contribution in [0.3, 0.4) is 0 Å². The Labute approximate surface area is 178 Å². The van der Waals surface area contributed by atoms with Crippen LogP contribution in [0.2, 0.25) is 0 Å². The number of nitrogens with one attached hydrogen (secondary N) is 1. The third-order valence-electron chi connectivity index (χ3n) is 4.95. The minimum atomic E-state index is -1.82. The molecule has 0 aliphatic carbocycles. The first-order chi connectivity index (χ1) is 14.5. The molecule has 0 unspecified atom stereocenters. The van der Waals surface area contributed by atoms with Crippen LogP contribution in [0.5, 0.6) is 0 Å². The van der Waals surface area contributed by atoms with Crippen LogP contribution in [-0.4, -0.2) is 57.7 Å². The molecule has 1 aliphatic heterocycles. The molecule has 1 aromatic carbocycles. The van der Waals surface area contributed by atoms with Crippen molar-refractivity contribution in [3.8, 4) is 10.8 Å². The number of piperidine rings is 1. The Hall–Kier alpha value is -2.75. The van der Waals surface area contributed by atoms with Crippen LogP contribution in [0, 0.1) is 0 Å². The summed E-state index contributed by atoms with van der Waals surface area (Å²) in [7, 11) is 0. The third-order valence-corrected chi connectivity index (χ3v) is 6.00. The number of rotatable bonds is 5. The van der Waals surface area contributed by atoms with E-state index in [0.717, 1.165) is 35.1 Å². The number of carboxylic acids is 2. The van der Waals surface area contributed by atoms with E-state index in [0.29, 0.717) is 6.04 Å². The Morgan fingerprint density at radius 3 is 2.50 bits per heavy atom. The number of aromatic nitrogens is 1. The summed E-state index contributed by atoms with van der Waals surface area (Å²) in [6, 6.07) is 12.9. The van der Waals surface area contributed by atoms with Crippen LogP contribution < -0.4 is 5.32 Å². The molecule has 0 atom stereocenters. The van der Waals surface area contributed by atoms with Gasteiger partial charge in [-0.15, -0.1) is 11.3 Å². The van der Waals surface area contributed by atoms with Gasteiger partial charge in [0.1, 0.15) is 5.76 Å². The van der Waals surface area contributed by atoms with E-state index in [2.05, 4.69) is 34.3 Å². The fourth-order valence-corrected chi connectivity index (χ4v) is 4.19. The number of furan rings is 1. The van der Waals surface area contributed by atoms with Gasteiger partial charge in [0, 0.05) is 6.04 Å². The van der Waals surface area contributed by atoms with Gasteiger partial charge in [0.05, 0.1) is 16.8 Å². The lowest BCUT2D eigenvalue weighted by Gasteiger charge is -2.31. The monoisotopic (exact) mass is 431 g/mol. The van der Waals surface area contributed by atoms with E-state index in [1.807, 2.05) is 24.3 Å². The first-order valence-corrected chi connectivity index (χ1v) is 10.6. The summed E-state index contributed by atoms with van der Waals surface area (Å²) in [5.74, 6) is -1.79. The standard InChI is InChI=1S/C19H23N3OS.C2H2O4/c1-2-22-11-9-14(10-12-22)20-13-15-7-8-17(23-15)19-21-16-5-3-4-6-18(16)24-19;3-1(4)2(5)6/h3-8,14,20H,2,9-13H2,1H3;(H,3,4)(H,5,6). The highest BCUT2D eigenvalue weighted by atomic mass is 32.1. The van der Waals surface area contributed by atoms with Crippen LogP contribution >= 0.6 is 11.3 Å². The number of benzene rings is 1. The van der Waals surface area contributed by atoms with Crippen molar-refractivity contribution >= 4 is 33.5 Å². The number of fused-ring (bicyclic) bond motifs is 1. The summed E-state index contributed by atoms with van der Waals surface area (Å²) in [5.41, 5.74) is 1.04. The Balaban J connectivity index is 0.000000377. The Morgan fingerprint density at radius 2 is 1.87 bits per heavy atom. The van der Waals surface area contributed by atoms with Crippen LogP contribution in [0.4, 0.5) is 0 Å². The molecule has 0 radical (unpaired) electrons. The van der Waals surface area contributed by atoms with Gasteiger partial charge >= 0.3 is 11.9 Å². The maximum atomic E-state index is 9.10. The lowest BCUT2D eigenvalue weighted by Crippen LogP contribution is -2.42. The molecule has 0 saturated carbocycles. The van der Waals surface area contributed by atoms with Crippen molar-refractivity contribution in [2.45, 2.75) is 32.4 Å². The van der Waals surface area contributed by atoms with Crippen LogP contribution in [0.15, 0.2) is 40.8 Å². The maximum absolute atomic E-state index is 9.10. The normalized spacial score (nSPS) is 15.0. The summed E-state index contributed by atoms with van der Waals surface area (Å²) in [6.45, 7) is 6.59. The lowest BCUT2D eigenvalue weighted by atomic mass is 10.1. The summed E-state index contributed by atoms with van der Waals surface area (Å²) in [4.78, 5) is 25.4. The predicted octanol–water partition coefficient (Wildman–Crippen LogP) is 3.29. The largest absolute Gasteiger partial charge is 0.473 e. The molecule has 3 aromatic rings. The molecule has 3 heterocycles. The highest BCUT2D eigenvalue weighted by Gasteiger charge is 2.18. The highest BCUT2D eigenvalue weighted by Crippen LogP contribution is 2.31. The topological polar surface area (TPSA) is 116 Å². The Kier molecular flexibility index (Phi) is 7.56. The van der Waals surface area contributed by atoms with E-state index in [1.54, 1.807) is 11.3 Å². The molecule has 9 heteroatoms. The highest BCUT2D eigenvalue weighted by molar-refractivity contribution is 7.21. The first kappa shape index (κ1) is 21.9. The van der Waals surface area contributed by atoms with E-state index in [-0.39, 0.29) is 0 Å². The summed E-state index contributed by atoms with van der Waals surface area (Å²) < 4.78 is 7.21. The fraction of sp³-hybridized carbons (Fsp3) is 0.381. The number of hydrogen-bond acceptors (Lipinski definition) is 7. The quantitative estimate of drug-likeness (QED) is 0.527. The second-order valence-corrected chi connectivity index (χ2v) is 7.98. The van der Waals surface area contributed by atoms with Gasteiger partial charge in [-0.1, -0.05) is 19.1 Å². The predicted molar refractivity (Wildman–Crippen MR) is 115 cm³/mol. The second kappa shape index (κ2) is 10.3. The molecule has 1 aliphatic rings. The summed E-state index contributed by atoms with van der Waals surface area (Å²) in [5, 5.41) is 19.4. The second-order valence-electron chi connectivity index (χ2n) is 6.95. The molecule has 0 spiro atoms. The molecule has 2 aromatic heterocycles. The number of carbonyl (C=O) groups is 2. The average Bonchev–Trinajstić information content (AvgIpc) is 3.39. The molecule has 1 saturated heterocycles. The molecule has 0 bridgehead atoms. The zero-order valence-corrected chi connectivity index (χ0v) is 17.5. The lowest BCUT2D eigenvalue weighted by molar-refractivity contribution is -0.159. The van der Waals surface area contributed by atoms with Gasteiger partial charge in [-0.3, -0.25) is 0 Å². The smallest absolute Gasteiger partial charge is 0.414 e. The van der Waals surface area contributed by atoms with Gasteiger partial charge in [-0.05, 0) is 56.7 Å². The van der Waals surface area contributed by atoms with E-state index >= 15 is 0 Å². The molecule has 160 valence electrons. The average molecular weight is 432 g/mol. The van der Waals surface area contributed by atoms with Gasteiger partial charge in [-0.25, -0.2) is 14.6 Å². The molecule has 4 rings (SSSR count). The number of aliphatic carboxylic acids is 2. The maximum Gasteiger partial charge on any atom is 0.414 e. The minimum absolute atomic E-state index is 0.601. The van der Waals surface area contributed by atoms with Gasteiger partial charge in [-0.2, -0.15) is 0 Å². The van der Waals surface area contributed by atoms with Gasteiger partial charge in [0.2, 0.25) is 0 Å². The number of hydrogen-bond donors (Lipinski definition) is 3. The molecule has 8 nitrogen and oxygen atoms in total. The number of para-hydroxylation sites is 1. The Morgan fingerprint density at radius 1 is 1.17 bits per heavy atom. The number of thiazole rings is 1. The molecular weight excluding hydrogens is 406 g/mol. The van der Waals surface area contributed by atoms with Gasteiger partial charge < -0.3 is 24.8 Å². The van der Waals surface area contributed by atoms with Gasteiger partial charge in [0.25, 0.3) is 0 Å². The van der Waals surface area contributed by atoms with E-state index < -0.39 is 11.9 Å². The van der Waals surface area contributed by atoms with Crippen molar-refractivity contribution in [1.29, 1.82) is 0 Å². The van der Waals surface area contributed by atoms with Crippen LogP contribution in [0.25, 0.3) is 21.0 Å². The molecule has 30 heavy (non-hydrogen) atoms. The van der Waals surface area contributed by atoms with Crippen LogP contribution in [-0.2, 0) is 16.1 Å². The Bertz CT molecular complexity index is 946. The SMILES string of the molecule is CCN1CCC(NCc2ccc(-c3nc4ccccc4s3)o2)CC1.O=C(O)C(=O)O. The zero-order chi connectivity index (χ0) is 21.5. The summed E-state index contributed by atoms with van der Waals surface area (Å²) in [6.07, 6.45) is 2.44. The van der Waals surface area contributed by atoms with Crippen molar-refractivity contribution in [2.75, 3.05) is 19.6 Å². The van der Waals surface area contributed by atoms with Crippen molar-refractivity contribution in [2.24, 2.45) is 0 Å². The van der Waals surface area contributed by atoms with Crippen molar-refractivity contribution in [3.05, 3.63) is 42.2 Å². The molecule has 0 amide bonds. The third kappa shape index (κ3) is 5.88. The molecule has 3 N–H and O–H groups in total.